The highest BCUT2D eigenvalue weighted by molar-refractivity contribution is 7.80. The Balaban J connectivity index is 2.18. The van der Waals surface area contributed by atoms with Crippen molar-refractivity contribution in [1.82, 2.24) is 5.48 Å². The van der Waals surface area contributed by atoms with Crippen LogP contribution in [-0.2, 0) is 9.59 Å². The summed E-state index contributed by atoms with van der Waals surface area (Å²) in [5.41, 5.74) is 1.70. The molecule has 2 aromatic rings. The summed E-state index contributed by atoms with van der Waals surface area (Å²) in [6.45, 7) is 0. The molecule has 0 aromatic heterocycles. The first kappa shape index (κ1) is 23.2. The zero-order valence-electron chi connectivity index (χ0n) is 16.0. The number of carboxylic acid groups (broad SMARTS) is 2. The zero-order valence-corrected chi connectivity index (χ0v) is 16.9. The maximum absolute atomic E-state index is 11.8. The second-order valence-corrected chi connectivity index (χ2v) is 7.20. The van der Waals surface area contributed by atoms with Crippen molar-refractivity contribution in [1.29, 1.82) is 0 Å². The molecule has 160 valence electrons. The molecule has 2 aromatic carbocycles. The summed E-state index contributed by atoms with van der Waals surface area (Å²) in [6.07, 6.45) is 1.04. The van der Waals surface area contributed by atoms with E-state index < -0.39 is 29.0 Å². The fourth-order valence-corrected chi connectivity index (χ4v) is 3.51. The van der Waals surface area contributed by atoms with Crippen molar-refractivity contribution in [3.05, 3.63) is 59.7 Å². The average Bonchev–Trinajstić information content (AvgIpc) is 2.73. The van der Waals surface area contributed by atoms with Gasteiger partial charge in [-0.2, -0.15) is 12.6 Å². The van der Waals surface area contributed by atoms with Gasteiger partial charge >= 0.3 is 11.9 Å². The van der Waals surface area contributed by atoms with Crippen LogP contribution in [0.5, 0.6) is 11.5 Å². The summed E-state index contributed by atoms with van der Waals surface area (Å²) in [5.74, 6) is -2.98. The zero-order chi connectivity index (χ0) is 22.1. The highest BCUT2D eigenvalue weighted by atomic mass is 32.1. The molecule has 0 fully saturated rings. The summed E-state index contributed by atoms with van der Waals surface area (Å²) in [5, 5.41) is 26.8. The maximum Gasteiger partial charge on any atom is 0.336 e. The Morgan fingerprint density at radius 2 is 1.70 bits per heavy atom. The lowest BCUT2D eigenvalue weighted by molar-refractivity contribution is -0.142. The van der Waals surface area contributed by atoms with Crippen LogP contribution in [0.3, 0.4) is 0 Å². The van der Waals surface area contributed by atoms with Gasteiger partial charge in [-0.25, -0.2) is 10.3 Å². The van der Waals surface area contributed by atoms with Gasteiger partial charge in [0.2, 0.25) is 5.91 Å². The van der Waals surface area contributed by atoms with Gasteiger partial charge in [-0.05, 0) is 42.7 Å². The number of unbranched alkanes of at least 4 members (excludes halogenated alkanes) is 1. The van der Waals surface area contributed by atoms with E-state index in [1.54, 1.807) is 30.3 Å². The Kier molecular flexibility index (Phi) is 8.70. The number of hydrogen-bond donors (Lipinski definition) is 5. The molecule has 0 saturated carbocycles. The van der Waals surface area contributed by atoms with Gasteiger partial charge in [0, 0.05) is 11.7 Å². The van der Waals surface area contributed by atoms with Crippen molar-refractivity contribution >= 4 is 30.5 Å². The summed E-state index contributed by atoms with van der Waals surface area (Å²) < 4.78 is 5.66. The molecule has 0 saturated heterocycles. The predicted octanol–water partition coefficient (Wildman–Crippen LogP) is 3.91. The predicted molar refractivity (Wildman–Crippen MR) is 111 cm³/mol. The van der Waals surface area contributed by atoms with E-state index in [0.29, 0.717) is 24.3 Å². The molecular formula is C21H23NO7S. The smallest absolute Gasteiger partial charge is 0.336 e. The van der Waals surface area contributed by atoms with E-state index in [0.717, 1.165) is 0 Å². The number of hydrogen-bond acceptors (Lipinski definition) is 6. The number of ether oxygens (including phenoxy) is 1. The normalized spacial score (nSPS) is 12.6. The number of para-hydroxylation sites is 1. The molecule has 0 heterocycles. The Morgan fingerprint density at radius 1 is 1.00 bits per heavy atom. The number of aliphatic carboxylic acids is 1. The number of carbonyl (C=O) groups is 3. The van der Waals surface area contributed by atoms with Crippen LogP contribution in [0.2, 0.25) is 0 Å². The SMILES string of the molecule is O=C(CCCCC(C(=O)O)C(S)c1ccc(Oc2ccccc2)cc1C(=O)O)NO. The molecular weight excluding hydrogens is 410 g/mol. The fraction of sp³-hybridized carbons (Fsp3) is 0.286. The minimum Gasteiger partial charge on any atom is -0.481 e. The molecule has 0 aliphatic heterocycles. The number of carbonyl (C=O) groups excluding carboxylic acids is 1. The first-order chi connectivity index (χ1) is 14.3. The number of amides is 1. The number of carboxylic acids is 2. The van der Waals surface area contributed by atoms with Gasteiger partial charge in [0.1, 0.15) is 11.5 Å². The molecule has 2 atom stereocenters. The van der Waals surface area contributed by atoms with Crippen molar-refractivity contribution in [2.24, 2.45) is 5.92 Å². The molecule has 0 bridgehead atoms. The largest absolute Gasteiger partial charge is 0.481 e. The third kappa shape index (κ3) is 6.50. The summed E-state index contributed by atoms with van der Waals surface area (Å²) in [6, 6.07) is 13.3. The molecule has 8 nitrogen and oxygen atoms in total. The van der Waals surface area contributed by atoms with Crippen LogP contribution in [-0.4, -0.2) is 33.3 Å². The van der Waals surface area contributed by atoms with Crippen LogP contribution >= 0.6 is 12.6 Å². The van der Waals surface area contributed by atoms with Crippen LogP contribution in [0.1, 0.15) is 46.9 Å². The highest BCUT2D eigenvalue weighted by Crippen LogP contribution is 2.36. The average molecular weight is 433 g/mol. The van der Waals surface area contributed by atoms with E-state index in [4.69, 9.17) is 9.94 Å². The third-order valence-electron chi connectivity index (χ3n) is 4.54. The van der Waals surface area contributed by atoms with Gasteiger partial charge in [-0.1, -0.05) is 30.7 Å². The molecule has 0 spiro atoms. The minimum absolute atomic E-state index is 0.0615. The van der Waals surface area contributed by atoms with Crippen LogP contribution in [0.15, 0.2) is 48.5 Å². The van der Waals surface area contributed by atoms with Crippen molar-refractivity contribution in [2.45, 2.75) is 30.9 Å². The Morgan fingerprint density at radius 3 is 2.30 bits per heavy atom. The Labute approximate surface area is 178 Å². The molecule has 2 unspecified atom stereocenters. The monoisotopic (exact) mass is 433 g/mol. The number of rotatable bonds is 11. The molecule has 0 aliphatic rings. The van der Waals surface area contributed by atoms with E-state index in [1.165, 1.54) is 17.6 Å². The lowest BCUT2D eigenvalue weighted by Gasteiger charge is -2.22. The van der Waals surface area contributed by atoms with Crippen LogP contribution in [0, 0.1) is 5.92 Å². The van der Waals surface area contributed by atoms with Gasteiger partial charge in [0.25, 0.3) is 0 Å². The summed E-state index contributed by atoms with van der Waals surface area (Å²) >= 11 is 4.41. The second kappa shape index (κ2) is 11.2. The van der Waals surface area contributed by atoms with Crippen molar-refractivity contribution in [3.8, 4) is 11.5 Å². The molecule has 1 amide bonds. The van der Waals surface area contributed by atoms with Crippen molar-refractivity contribution in [3.63, 3.8) is 0 Å². The quantitative estimate of drug-likeness (QED) is 0.157. The number of thiol groups is 1. The van der Waals surface area contributed by atoms with Crippen LogP contribution < -0.4 is 10.2 Å². The van der Waals surface area contributed by atoms with E-state index in [-0.39, 0.29) is 24.0 Å². The second-order valence-electron chi connectivity index (χ2n) is 6.64. The molecule has 0 radical (unpaired) electrons. The lowest BCUT2D eigenvalue weighted by atomic mass is 9.90. The third-order valence-corrected chi connectivity index (χ3v) is 5.18. The van der Waals surface area contributed by atoms with Gasteiger partial charge in [-0.15, -0.1) is 0 Å². The van der Waals surface area contributed by atoms with Gasteiger partial charge in [0.15, 0.2) is 0 Å². The van der Waals surface area contributed by atoms with Crippen LogP contribution in [0.4, 0.5) is 0 Å². The summed E-state index contributed by atoms with van der Waals surface area (Å²) in [7, 11) is 0. The minimum atomic E-state index is -1.22. The topological polar surface area (TPSA) is 133 Å². The van der Waals surface area contributed by atoms with Gasteiger partial charge in [-0.3, -0.25) is 14.8 Å². The molecule has 4 N–H and O–H groups in total. The fourth-order valence-electron chi connectivity index (χ4n) is 3.01. The number of nitrogens with one attached hydrogen (secondary N) is 1. The lowest BCUT2D eigenvalue weighted by Crippen LogP contribution is -2.21. The van der Waals surface area contributed by atoms with Crippen molar-refractivity contribution < 1.29 is 34.5 Å². The van der Waals surface area contributed by atoms with Gasteiger partial charge < -0.3 is 14.9 Å². The number of benzene rings is 2. The number of hydroxylamine groups is 1. The first-order valence-electron chi connectivity index (χ1n) is 9.27. The van der Waals surface area contributed by atoms with E-state index >= 15 is 0 Å². The molecule has 9 heteroatoms. The maximum atomic E-state index is 11.8. The Hall–Kier alpha value is -3.04. The number of aromatic carboxylic acids is 1. The highest BCUT2D eigenvalue weighted by Gasteiger charge is 2.29. The molecule has 2 rings (SSSR count). The van der Waals surface area contributed by atoms with Crippen LogP contribution in [0.25, 0.3) is 0 Å². The Bertz CT molecular complexity index is 888. The van der Waals surface area contributed by atoms with Gasteiger partial charge in [0.05, 0.1) is 11.5 Å². The first-order valence-corrected chi connectivity index (χ1v) is 9.79. The van der Waals surface area contributed by atoms with Crippen molar-refractivity contribution in [2.75, 3.05) is 0 Å². The van der Waals surface area contributed by atoms with E-state index in [1.807, 2.05) is 6.07 Å². The molecule has 30 heavy (non-hydrogen) atoms. The van der Waals surface area contributed by atoms with E-state index in [9.17, 15) is 24.6 Å². The molecule has 0 aliphatic carbocycles. The van der Waals surface area contributed by atoms with E-state index in [2.05, 4.69) is 12.6 Å². The standard InChI is InChI=1S/C21H23NO7S/c23-18(22-28)9-5-4-8-16(20(24)25)19(30)15-11-10-14(12-17(15)21(26)27)29-13-6-2-1-3-7-13/h1-3,6-7,10-12,16,19,28,30H,4-5,8-9H2,(H,22,23)(H,24,25)(H,26,27). The summed E-state index contributed by atoms with van der Waals surface area (Å²) in [4.78, 5) is 34.6.